The largest absolute Gasteiger partial charge is 0.489 e. The van der Waals surface area contributed by atoms with Gasteiger partial charge in [0, 0.05) is 12.1 Å². The second-order valence-corrected chi connectivity index (χ2v) is 7.19. The van der Waals surface area contributed by atoms with Crippen LogP contribution < -0.4 is 15.8 Å². The molecule has 0 unspecified atom stereocenters. The van der Waals surface area contributed by atoms with Crippen molar-refractivity contribution in [2.45, 2.75) is 39.2 Å². The van der Waals surface area contributed by atoms with Gasteiger partial charge in [-0.05, 0) is 65.9 Å². The van der Waals surface area contributed by atoms with Crippen LogP contribution in [0, 0.1) is 5.41 Å². The number of hydrogen-bond acceptors (Lipinski definition) is 3. The number of fused-ring (bicyclic) bond motifs is 1. The monoisotopic (exact) mass is 389 g/mol. The summed E-state index contributed by atoms with van der Waals surface area (Å²) in [5.41, 5.74) is 8.98. The Labute approximate surface area is 173 Å². The molecule has 152 valence electrons. The number of rotatable bonds is 6. The molecule has 1 heterocycles. The number of amidine groups is 1. The minimum atomic E-state index is 0.109. The molecule has 1 fully saturated rings. The van der Waals surface area contributed by atoms with E-state index in [9.17, 15) is 0 Å². The molecule has 0 bridgehead atoms. The fourth-order valence-electron chi connectivity index (χ4n) is 3.56. The lowest BCUT2D eigenvalue weighted by Crippen LogP contribution is -2.19. The summed E-state index contributed by atoms with van der Waals surface area (Å²) < 4.78 is 5.98. The Balaban J connectivity index is 0.00000117. The van der Waals surface area contributed by atoms with Crippen molar-refractivity contribution in [3.63, 3.8) is 0 Å². The van der Waals surface area contributed by atoms with Crippen molar-refractivity contribution < 1.29 is 4.74 Å². The maximum atomic E-state index is 7.61. The standard InChI is InChI=1S/C23H25N3O.C2H6/c24-23(25)19-8-7-18-6-3-17(13-20(18)14-19)2-1-16-4-9-21(10-5-16)27-22-11-12-26-15-22;1-2/h3-10,13-14,22,26H,1-2,11-12,15H2,(H3,24,25);1-2H3/t22-;/m0./s1. The zero-order valence-corrected chi connectivity index (χ0v) is 17.4. The Hall–Kier alpha value is -2.85. The van der Waals surface area contributed by atoms with Crippen molar-refractivity contribution in [2.24, 2.45) is 5.73 Å². The van der Waals surface area contributed by atoms with Gasteiger partial charge in [-0.1, -0.05) is 56.3 Å². The van der Waals surface area contributed by atoms with Gasteiger partial charge in [-0.15, -0.1) is 0 Å². The molecule has 0 aromatic heterocycles. The third-order valence-electron chi connectivity index (χ3n) is 5.16. The molecule has 4 nitrogen and oxygen atoms in total. The predicted octanol–water partition coefficient (Wildman–Crippen LogP) is 4.68. The van der Waals surface area contributed by atoms with Crippen LogP contribution in [0.15, 0.2) is 60.7 Å². The quantitative estimate of drug-likeness (QED) is 0.423. The lowest BCUT2D eigenvalue weighted by atomic mass is 9.99. The molecular formula is C25H31N3O. The molecule has 0 amide bonds. The third-order valence-corrected chi connectivity index (χ3v) is 5.16. The molecule has 0 saturated carbocycles. The summed E-state index contributed by atoms with van der Waals surface area (Å²) in [5.74, 6) is 1.06. The van der Waals surface area contributed by atoms with E-state index < -0.39 is 0 Å². The first-order valence-electron chi connectivity index (χ1n) is 10.5. The van der Waals surface area contributed by atoms with Gasteiger partial charge in [-0.25, -0.2) is 0 Å². The minimum Gasteiger partial charge on any atom is -0.489 e. The first kappa shape index (κ1) is 20.9. The molecule has 1 aliphatic heterocycles. The van der Waals surface area contributed by atoms with Gasteiger partial charge in [0.2, 0.25) is 0 Å². The van der Waals surface area contributed by atoms with E-state index >= 15 is 0 Å². The summed E-state index contributed by atoms with van der Waals surface area (Å²) in [5, 5.41) is 13.2. The van der Waals surface area contributed by atoms with Crippen LogP contribution in [0.5, 0.6) is 5.75 Å². The van der Waals surface area contributed by atoms with Crippen LogP contribution in [0.25, 0.3) is 10.8 Å². The summed E-state index contributed by atoms with van der Waals surface area (Å²) >= 11 is 0. The molecule has 1 atom stereocenters. The Morgan fingerprint density at radius 1 is 0.966 bits per heavy atom. The van der Waals surface area contributed by atoms with Crippen LogP contribution in [0.2, 0.25) is 0 Å². The van der Waals surface area contributed by atoms with Crippen molar-refractivity contribution >= 4 is 16.6 Å². The summed E-state index contributed by atoms with van der Waals surface area (Å²) in [6.07, 6.45) is 3.35. The first-order chi connectivity index (χ1) is 14.2. The molecular weight excluding hydrogens is 358 g/mol. The van der Waals surface area contributed by atoms with Crippen molar-refractivity contribution in [3.8, 4) is 5.75 Å². The van der Waals surface area contributed by atoms with Gasteiger partial charge in [0.05, 0.1) is 0 Å². The maximum absolute atomic E-state index is 7.61. The van der Waals surface area contributed by atoms with Gasteiger partial charge in [-0.3, -0.25) is 5.41 Å². The number of hydrogen-bond donors (Lipinski definition) is 3. The smallest absolute Gasteiger partial charge is 0.122 e. The van der Waals surface area contributed by atoms with Crippen LogP contribution in [0.4, 0.5) is 0 Å². The van der Waals surface area contributed by atoms with Crippen molar-refractivity contribution in [1.82, 2.24) is 5.32 Å². The van der Waals surface area contributed by atoms with Gasteiger partial charge in [-0.2, -0.15) is 0 Å². The average molecular weight is 390 g/mol. The lowest BCUT2D eigenvalue weighted by Gasteiger charge is -2.12. The number of nitrogens with one attached hydrogen (secondary N) is 2. The molecule has 4 heteroatoms. The molecule has 3 aromatic carbocycles. The van der Waals surface area contributed by atoms with Crippen LogP contribution in [0.1, 0.15) is 37.0 Å². The molecule has 0 aliphatic carbocycles. The van der Waals surface area contributed by atoms with E-state index in [1.807, 2.05) is 32.0 Å². The molecule has 1 aliphatic rings. The van der Waals surface area contributed by atoms with Gasteiger partial charge < -0.3 is 15.8 Å². The molecule has 4 rings (SSSR count). The summed E-state index contributed by atoms with van der Waals surface area (Å²) in [7, 11) is 0. The van der Waals surface area contributed by atoms with Crippen molar-refractivity contribution in [1.29, 1.82) is 5.41 Å². The molecule has 4 N–H and O–H groups in total. The topological polar surface area (TPSA) is 71.1 Å². The van der Waals surface area contributed by atoms with E-state index in [1.165, 1.54) is 16.5 Å². The molecule has 1 saturated heterocycles. The number of aryl methyl sites for hydroxylation is 2. The molecule has 29 heavy (non-hydrogen) atoms. The van der Waals surface area contributed by atoms with Crippen LogP contribution in [-0.2, 0) is 12.8 Å². The maximum Gasteiger partial charge on any atom is 0.122 e. The molecule has 0 radical (unpaired) electrons. The highest BCUT2D eigenvalue weighted by molar-refractivity contribution is 5.99. The number of nitrogens with two attached hydrogens (primary N) is 1. The second-order valence-electron chi connectivity index (χ2n) is 7.19. The van der Waals surface area contributed by atoms with E-state index in [0.717, 1.165) is 49.1 Å². The van der Waals surface area contributed by atoms with E-state index in [2.05, 4.69) is 47.8 Å². The highest BCUT2D eigenvalue weighted by atomic mass is 16.5. The zero-order valence-electron chi connectivity index (χ0n) is 17.4. The van der Waals surface area contributed by atoms with Crippen molar-refractivity contribution in [2.75, 3.05) is 13.1 Å². The normalized spacial score (nSPS) is 15.6. The lowest BCUT2D eigenvalue weighted by molar-refractivity contribution is 0.223. The average Bonchev–Trinajstić information content (AvgIpc) is 3.27. The number of nitrogen functional groups attached to an aromatic ring is 1. The zero-order chi connectivity index (χ0) is 20.6. The molecule has 3 aromatic rings. The SMILES string of the molecule is CC.N=C(N)c1ccc2ccc(CCc3ccc(O[C@H]4CCNC4)cc3)cc2c1. The number of benzene rings is 3. The van der Waals surface area contributed by atoms with Gasteiger partial charge in [0.15, 0.2) is 0 Å². The summed E-state index contributed by atoms with van der Waals surface area (Å²) in [6.45, 7) is 5.98. The Morgan fingerprint density at radius 3 is 2.34 bits per heavy atom. The van der Waals surface area contributed by atoms with E-state index in [4.69, 9.17) is 15.9 Å². The van der Waals surface area contributed by atoms with E-state index in [-0.39, 0.29) is 5.84 Å². The third kappa shape index (κ3) is 5.58. The van der Waals surface area contributed by atoms with Crippen molar-refractivity contribution in [3.05, 3.63) is 77.4 Å². The fourth-order valence-corrected chi connectivity index (χ4v) is 3.56. The Morgan fingerprint density at radius 2 is 1.66 bits per heavy atom. The molecule has 0 spiro atoms. The van der Waals surface area contributed by atoms with Crippen LogP contribution in [-0.4, -0.2) is 25.0 Å². The van der Waals surface area contributed by atoms with Gasteiger partial charge >= 0.3 is 0 Å². The van der Waals surface area contributed by atoms with E-state index in [0.29, 0.717) is 6.10 Å². The number of ether oxygens (including phenoxy) is 1. The highest BCUT2D eigenvalue weighted by Gasteiger charge is 2.15. The highest BCUT2D eigenvalue weighted by Crippen LogP contribution is 2.20. The Bertz CT molecular complexity index is 944. The van der Waals surface area contributed by atoms with Crippen LogP contribution >= 0.6 is 0 Å². The van der Waals surface area contributed by atoms with Gasteiger partial charge in [0.25, 0.3) is 0 Å². The minimum absolute atomic E-state index is 0.109. The Kier molecular flexibility index (Phi) is 7.25. The summed E-state index contributed by atoms with van der Waals surface area (Å²) in [6, 6.07) is 20.9. The van der Waals surface area contributed by atoms with Gasteiger partial charge in [0.1, 0.15) is 17.7 Å². The fraction of sp³-hybridized carbons (Fsp3) is 0.320. The summed E-state index contributed by atoms with van der Waals surface area (Å²) in [4.78, 5) is 0. The predicted molar refractivity (Wildman–Crippen MR) is 122 cm³/mol. The van der Waals surface area contributed by atoms with E-state index in [1.54, 1.807) is 0 Å². The first-order valence-corrected chi connectivity index (χ1v) is 10.5. The second kappa shape index (κ2) is 10.1. The van der Waals surface area contributed by atoms with Crippen LogP contribution in [0.3, 0.4) is 0 Å².